The second-order valence-electron chi connectivity index (χ2n) is 4.92. The first kappa shape index (κ1) is 14.1. The van der Waals surface area contributed by atoms with Crippen LogP contribution in [0.25, 0.3) is 0 Å². The van der Waals surface area contributed by atoms with Gasteiger partial charge >= 0.3 is 0 Å². The maximum atomic E-state index is 12.3. The first-order chi connectivity index (χ1) is 7.13. The Balaban J connectivity index is 0.00000128. The highest BCUT2D eigenvalue weighted by Crippen LogP contribution is 2.30. The lowest BCUT2D eigenvalue weighted by molar-refractivity contribution is -0.140. The summed E-state index contributed by atoms with van der Waals surface area (Å²) in [5.74, 6) is 2.66. The Bertz CT molecular complexity index is 250. The standard InChI is InChI=1S/C11H20N2OS.ClH/c1-11(4-5-12-8-11)10(14)13(2)9-3-6-15-7-9;/h9,12H,3-8H2,1-2H3;1H. The Morgan fingerprint density at radius 2 is 2.31 bits per heavy atom. The molecule has 3 nitrogen and oxygen atoms in total. The number of hydrogen-bond acceptors (Lipinski definition) is 3. The second-order valence-corrected chi connectivity index (χ2v) is 6.07. The van der Waals surface area contributed by atoms with E-state index in [-0.39, 0.29) is 17.8 Å². The fourth-order valence-electron chi connectivity index (χ4n) is 2.42. The number of halogens is 1. The summed E-state index contributed by atoms with van der Waals surface area (Å²) in [4.78, 5) is 14.3. The van der Waals surface area contributed by atoms with Crippen molar-refractivity contribution in [2.45, 2.75) is 25.8 Å². The maximum Gasteiger partial charge on any atom is 0.229 e. The minimum atomic E-state index is -0.151. The molecule has 2 aliphatic heterocycles. The number of amides is 1. The molecule has 2 heterocycles. The average Bonchev–Trinajstić information content (AvgIpc) is 2.86. The molecule has 94 valence electrons. The molecule has 2 atom stereocenters. The number of carbonyl (C=O) groups is 1. The molecule has 0 aromatic heterocycles. The van der Waals surface area contributed by atoms with Crippen molar-refractivity contribution in [1.82, 2.24) is 10.2 Å². The van der Waals surface area contributed by atoms with Gasteiger partial charge in [0.25, 0.3) is 0 Å². The second kappa shape index (κ2) is 5.61. The number of nitrogens with zero attached hydrogens (tertiary/aromatic N) is 1. The van der Waals surface area contributed by atoms with Crippen molar-refractivity contribution < 1.29 is 4.79 Å². The summed E-state index contributed by atoms with van der Waals surface area (Å²) in [5, 5.41) is 3.29. The Labute approximate surface area is 108 Å². The van der Waals surface area contributed by atoms with E-state index in [0.29, 0.717) is 11.9 Å². The zero-order chi connectivity index (χ0) is 10.9. The predicted octanol–water partition coefficient (Wildman–Crippen LogP) is 1.37. The van der Waals surface area contributed by atoms with E-state index >= 15 is 0 Å². The molecule has 0 aromatic carbocycles. The van der Waals surface area contributed by atoms with Gasteiger partial charge in [0.05, 0.1) is 5.41 Å². The summed E-state index contributed by atoms with van der Waals surface area (Å²) in [5.41, 5.74) is -0.151. The number of thioether (sulfide) groups is 1. The van der Waals surface area contributed by atoms with Crippen LogP contribution in [0.5, 0.6) is 0 Å². The monoisotopic (exact) mass is 264 g/mol. The lowest BCUT2D eigenvalue weighted by Crippen LogP contribution is -2.46. The van der Waals surface area contributed by atoms with Gasteiger partial charge in [-0.3, -0.25) is 4.79 Å². The summed E-state index contributed by atoms with van der Waals surface area (Å²) in [6.45, 7) is 3.92. The highest BCUT2D eigenvalue weighted by Gasteiger charge is 2.40. The van der Waals surface area contributed by atoms with Crippen LogP contribution in [0.1, 0.15) is 19.8 Å². The molecule has 2 rings (SSSR count). The van der Waals surface area contributed by atoms with Crippen molar-refractivity contribution in [1.29, 1.82) is 0 Å². The summed E-state index contributed by atoms with van der Waals surface area (Å²) in [7, 11) is 1.97. The largest absolute Gasteiger partial charge is 0.341 e. The van der Waals surface area contributed by atoms with Crippen LogP contribution in [-0.4, -0.2) is 48.5 Å². The molecular weight excluding hydrogens is 244 g/mol. The van der Waals surface area contributed by atoms with Crippen LogP contribution in [0, 0.1) is 5.41 Å². The SMILES string of the molecule is CN(C(=O)C1(C)CCNC1)C1CCSC1.Cl. The van der Waals surface area contributed by atoms with Gasteiger partial charge in [-0.2, -0.15) is 11.8 Å². The lowest BCUT2D eigenvalue weighted by Gasteiger charge is -2.32. The van der Waals surface area contributed by atoms with Crippen molar-refractivity contribution in [3.63, 3.8) is 0 Å². The molecule has 0 aromatic rings. The van der Waals surface area contributed by atoms with Crippen molar-refractivity contribution in [2.24, 2.45) is 5.41 Å². The quantitative estimate of drug-likeness (QED) is 0.818. The first-order valence-electron chi connectivity index (χ1n) is 5.69. The molecule has 2 fully saturated rings. The third-order valence-electron chi connectivity index (χ3n) is 3.66. The van der Waals surface area contributed by atoms with Crippen molar-refractivity contribution in [3.8, 4) is 0 Å². The van der Waals surface area contributed by atoms with Gasteiger partial charge in [0.2, 0.25) is 5.91 Å². The smallest absolute Gasteiger partial charge is 0.229 e. The molecule has 0 radical (unpaired) electrons. The van der Waals surface area contributed by atoms with Gasteiger partial charge in [0.1, 0.15) is 0 Å². The van der Waals surface area contributed by atoms with E-state index in [9.17, 15) is 4.79 Å². The van der Waals surface area contributed by atoms with Gasteiger partial charge in [-0.25, -0.2) is 0 Å². The third kappa shape index (κ3) is 2.66. The molecule has 1 amide bonds. The van der Waals surface area contributed by atoms with Gasteiger partial charge in [-0.15, -0.1) is 12.4 Å². The number of carbonyl (C=O) groups excluding carboxylic acids is 1. The molecular formula is C11H21ClN2OS. The molecule has 0 saturated carbocycles. The van der Waals surface area contributed by atoms with E-state index in [4.69, 9.17) is 0 Å². The van der Waals surface area contributed by atoms with Crippen LogP contribution in [0.3, 0.4) is 0 Å². The van der Waals surface area contributed by atoms with E-state index in [1.165, 1.54) is 5.75 Å². The van der Waals surface area contributed by atoms with Gasteiger partial charge in [-0.1, -0.05) is 0 Å². The molecule has 5 heteroatoms. The van der Waals surface area contributed by atoms with Crippen LogP contribution < -0.4 is 5.32 Å². The zero-order valence-electron chi connectivity index (χ0n) is 9.99. The van der Waals surface area contributed by atoms with E-state index in [0.717, 1.165) is 31.7 Å². The summed E-state index contributed by atoms with van der Waals surface area (Å²) in [6, 6.07) is 0.472. The fourth-order valence-corrected chi connectivity index (χ4v) is 3.69. The normalized spacial score (nSPS) is 33.5. The van der Waals surface area contributed by atoms with Crippen LogP contribution in [0.4, 0.5) is 0 Å². The van der Waals surface area contributed by atoms with Crippen LogP contribution in [0.15, 0.2) is 0 Å². The van der Waals surface area contributed by atoms with E-state index in [2.05, 4.69) is 12.2 Å². The van der Waals surface area contributed by atoms with Crippen LogP contribution >= 0.6 is 24.2 Å². The highest BCUT2D eigenvalue weighted by molar-refractivity contribution is 7.99. The molecule has 0 spiro atoms. The van der Waals surface area contributed by atoms with Crippen molar-refractivity contribution in [2.75, 3.05) is 31.6 Å². The molecule has 0 aliphatic carbocycles. The predicted molar refractivity (Wildman–Crippen MR) is 71.3 cm³/mol. The summed E-state index contributed by atoms with van der Waals surface area (Å²) >= 11 is 1.96. The van der Waals surface area contributed by atoms with Gasteiger partial charge in [0.15, 0.2) is 0 Å². The number of rotatable bonds is 2. The van der Waals surface area contributed by atoms with Gasteiger partial charge in [-0.05, 0) is 32.1 Å². The Morgan fingerprint density at radius 3 is 2.81 bits per heavy atom. The molecule has 2 saturated heterocycles. The van der Waals surface area contributed by atoms with Gasteiger partial charge < -0.3 is 10.2 Å². The molecule has 2 aliphatic rings. The molecule has 1 N–H and O–H groups in total. The topological polar surface area (TPSA) is 32.3 Å². The zero-order valence-corrected chi connectivity index (χ0v) is 11.6. The first-order valence-corrected chi connectivity index (χ1v) is 6.85. The summed E-state index contributed by atoms with van der Waals surface area (Å²) < 4.78 is 0. The number of nitrogens with one attached hydrogen (secondary N) is 1. The highest BCUT2D eigenvalue weighted by atomic mass is 35.5. The van der Waals surface area contributed by atoms with Crippen molar-refractivity contribution in [3.05, 3.63) is 0 Å². The minimum absolute atomic E-state index is 0. The Kier molecular flexibility index (Phi) is 4.95. The third-order valence-corrected chi connectivity index (χ3v) is 4.80. The molecule has 0 bridgehead atoms. The van der Waals surface area contributed by atoms with Crippen LogP contribution in [0.2, 0.25) is 0 Å². The summed E-state index contributed by atoms with van der Waals surface area (Å²) in [6.07, 6.45) is 2.15. The average molecular weight is 265 g/mol. The fraction of sp³-hybridized carbons (Fsp3) is 0.909. The van der Waals surface area contributed by atoms with E-state index < -0.39 is 0 Å². The Hall–Kier alpha value is 0.0700. The van der Waals surface area contributed by atoms with Crippen molar-refractivity contribution >= 4 is 30.1 Å². The molecule has 16 heavy (non-hydrogen) atoms. The lowest BCUT2D eigenvalue weighted by atomic mass is 9.87. The van der Waals surface area contributed by atoms with Gasteiger partial charge in [0, 0.05) is 25.4 Å². The molecule has 2 unspecified atom stereocenters. The van der Waals surface area contributed by atoms with E-state index in [1.54, 1.807) is 0 Å². The maximum absolute atomic E-state index is 12.3. The van der Waals surface area contributed by atoms with Crippen LogP contribution in [-0.2, 0) is 4.79 Å². The minimum Gasteiger partial charge on any atom is -0.341 e. The Morgan fingerprint density at radius 1 is 1.56 bits per heavy atom. The van der Waals surface area contributed by atoms with E-state index in [1.807, 2.05) is 23.7 Å². The number of hydrogen-bond donors (Lipinski definition) is 1.